The van der Waals surface area contributed by atoms with E-state index in [1.165, 1.54) is 0 Å². The number of benzene rings is 1. The summed E-state index contributed by atoms with van der Waals surface area (Å²) in [6.45, 7) is 2.15. The molecule has 25 heavy (non-hydrogen) atoms. The molecule has 1 aliphatic carbocycles. The van der Waals surface area contributed by atoms with E-state index in [9.17, 15) is 14.4 Å². The third-order valence-corrected chi connectivity index (χ3v) is 5.18. The zero-order valence-corrected chi connectivity index (χ0v) is 14.7. The molecule has 2 aliphatic rings. The first-order valence-electron chi connectivity index (χ1n) is 9.07. The number of nitrogens with zero attached hydrogens (tertiary/aromatic N) is 2. The third-order valence-electron chi connectivity index (χ3n) is 5.18. The average Bonchev–Trinajstić information content (AvgIpc) is 2.78. The van der Waals surface area contributed by atoms with Crippen molar-refractivity contribution in [1.82, 2.24) is 10.2 Å². The topological polar surface area (TPSA) is 69.7 Å². The number of para-hydroxylation sites is 1. The summed E-state index contributed by atoms with van der Waals surface area (Å²) < 4.78 is 0. The zero-order valence-electron chi connectivity index (χ0n) is 14.7. The van der Waals surface area contributed by atoms with E-state index in [1.54, 1.807) is 4.90 Å². The van der Waals surface area contributed by atoms with Crippen LogP contribution in [0.1, 0.15) is 45.4 Å². The molecule has 1 N–H and O–H groups in total. The summed E-state index contributed by atoms with van der Waals surface area (Å²) in [6, 6.07) is 8.86. The van der Waals surface area contributed by atoms with E-state index in [4.69, 9.17) is 0 Å². The molecule has 1 saturated heterocycles. The Kier molecular flexibility index (Phi) is 5.06. The summed E-state index contributed by atoms with van der Waals surface area (Å²) in [5, 5.41) is 2.88. The lowest BCUT2D eigenvalue weighted by Crippen LogP contribution is -2.47. The van der Waals surface area contributed by atoms with E-state index in [1.807, 2.05) is 37.3 Å². The Hall–Kier alpha value is -2.37. The fourth-order valence-corrected chi connectivity index (χ4v) is 3.82. The molecule has 1 aliphatic heterocycles. The number of likely N-dealkylation sites (N-methyl/N-ethyl adjacent to an activating group) is 1. The second-order valence-electron chi connectivity index (χ2n) is 6.79. The van der Waals surface area contributed by atoms with Crippen molar-refractivity contribution < 1.29 is 14.4 Å². The minimum Gasteiger partial charge on any atom is -0.323 e. The van der Waals surface area contributed by atoms with Crippen LogP contribution in [0.15, 0.2) is 30.3 Å². The number of hydrogen-bond donors (Lipinski definition) is 1. The molecule has 0 aromatic heterocycles. The normalized spacial score (nSPS) is 19.6. The first kappa shape index (κ1) is 17.5. The van der Waals surface area contributed by atoms with E-state index in [2.05, 4.69) is 5.32 Å². The highest BCUT2D eigenvalue weighted by molar-refractivity contribution is 6.10. The molecule has 6 nitrogen and oxygen atoms in total. The van der Waals surface area contributed by atoms with Crippen LogP contribution in [-0.4, -0.2) is 41.4 Å². The van der Waals surface area contributed by atoms with Gasteiger partial charge in [-0.25, -0.2) is 4.79 Å². The maximum Gasteiger partial charge on any atom is 0.325 e. The van der Waals surface area contributed by atoms with Crippen LogP contribution >= 0.6 is 0 Å². The predicted molar refractivity (Wildman–Crippen MR) is 95.1 cm³/mol. The number of imide groups is 1. The lowest BCUT2D eigenvalue weighted by molar-refractivity contribution is -0.134. The molecule has 3 rings (SSSR count). The Morgan fingerprint density at radius 3 is 2.36 bits per heavy atom. The largest absolute Gasteiger partial charge is 0.325 e. The van der Waals surface area contributed by atoms with E-state index < -0.39 is 11.6 Å². The van der Waals surface area contributed by atoms with Crippen LogP contribution in [0.2, 0.25) is 0 Å². The summed E-state index contributed by atoms with van der Waals surface area (Å²) >= 11 is 0. The van der Waals surface area contributed by atoms with Crippen molar-refractivity contribution in [1.29, 1.82) is 0 Å². The van der Waals surface area contributed by atoms with Crippen LogP contribution < -0.4 is 10.2 Å². The van der Waals surface area contributed by atoms with Gasteiger partial charge in [0.05, 0.1) is 0 Å². The Labute approximate surface area is 148 Å². The molecule has 2 fully saturated rings. The Morgan fingerprint density at radius 2 is 1.76 bits per heavy atom. The van der Waals surface area contributed by atoms with E-state index >= 15 is 0 Å². The zero-order chi connectivity index (χ0) is 17.9. The molecule has 1 aromatic rings. The molecule has 134 valence electrons. The molecule has 0 bridgehead atoms. The van der Waals surface area contributed by atoms with E-state index in [-0.39, 0.29) is 18.4 Å². The van der Waals surface area contributed by atoms with Gasteiger partial charge in [-0.3, -0.25) is 14.5 Å². The SMILES string of the molecule is CCN(C(=O)CN1C(=O)NC2(CCCCCC2)C1=O)c1ccccc1. The number of urea groups is 1. The standard InChI is InChI=1S/C19H25N3O3/c1-2-21(15-10-6-5-7-11-15)16(23)14-22-17(24)19(20-18(22)25)12-8-3-4-9-13-19/h5-7,10-11H,2-4,8-9,12-14H2,1H3,(H,20,25). The molecular weight excluding hydrogens is 318 g/mol. The van der Waals surface area contributed by atoms with Crippen LogP contribution in [0.5, 0.6) is 0 Å². The number of rotatable bonds is 4. The number of nitrogens with one attached hydrogen (secondary N) is 1. The molecule has 1 saturated carbocycles. The quantitative estimate of drug-likeness (QED) is 0.855. The molecule has 6 heteroatoms. The van der Waals surface area contributed by atoms with Gasteiger partial charge in [-0.1, -0.05) is 43.9 Å². The molecule has 1 spiro atoms. The Bertz CT molecular complexity index is 651. The average molecular weight is 343 g/mol. The first-order chi connectivity index (χ1) is 12.1. The Balaban J connectivity index is 1.74. The van der Waals surface area contributed by atoms with E-state index in [0.29, 0.717) is 19.4 Å². The molecule has 0 atom stereocenters. The number of amides is 4. The van der Waals surface area contributed by atoms with Gasteiger partial charge in [0, 0.05) is 12.2 Å². The minimum absolute atomic E-state index is 0.213. The first-order valence-corrected chi connectivity index (χ1v) is 9.07. The van der Waals surface area contributed by atoms with E-state index in [0.717, 1.165) is 36.3 Å². The maximum absolute atomic E-state index is 12.9. The van der Waals surface area contributed by atoms with Gasteiger partial charge in [-0.2, -0.15) is 0 Å². The molecule has 0 unspecified atom stereocenters. The molecular formula is C19H25N3O3. The monoisotopic (exact) mass is 343 g/mol. The lowest BCUT2D eigenvalue weighted by Gasteiger charge is -2.26. The summed E-state index contributed by atoms with van der Waals surface area (Å²) in [5.74, 6) is -0.486. The molecule has 0 radical (unpaired) electrons. The predicted octanol–water partition coefficient (Wildman–Crippen LogP) is 2.68. The van der Waals surface area contributed by atoms with Crippen molar-refractivity contribution in [3.63, 3.8) is 0 Å². The van der Waals surface area contributed by atoms with Gasteiger partial charge in [0.1, 0.15) is 12.1 Å². The summed E-state index contributed by atoms with van der Waals surface area (Å²) in [4.78, 5) is 40.7. The second-order valence-corrected chi connectivity index (χ2v) is 6.79. The molecule has 1 heterocycles. The van der Waals surface area contributed by atoms with Crippen molar-refractivity contribution in [2.45, 2.75) is 51.0 Å². The van der Waals surface area contributed by atoms with Crippen LogP contribution in [0.4, 0.5) is 10.5 Å². The van der Waals surface area contributed by atoms with Crippen LogP contribution in [0.3, 0.4) is 0 Å². The Morgan fingerprint density at radius 1 is 1.12 bits per heavy atom. The van der Waals surface area contributed by atoms with Gasteiger partial charge in [-0.15, -0.1) is 0 Å². The fourth-order valence-electron chi connectivity index (χ4n) is 3.82. The summed E-state index contributed by atoms with van der Waals surface area (Å²) in [5.41, 5.74) is -0.0243. The number of hydrogen-bond acceptors (Lipinski definition) is 3. The highest BCUT2D eigenvalue weighted by Crippen LogP contribution is 2.32. The van der Waals surface area contributed by atoms with Gasteiger partial charge < -0.3 is 10.2 Å². The van der Waals surface area contributed by atoms with Gasteiger partial charge in [-0.05, 0) is 31.9 Å². The van der Waals surface area contributed by atoms with Crippen LogP contribution in [-0.2, 0) is 9.59 Å². The van der Waals surface area contributed by atoms with Gasteiger partial charge >= 0.3 is 6.03 Å². The maximum atomic E-state index is 12.9. The van der Waals surface area contributed by atoms with Crippen molar-refractivity contribution >= 4 is 23.5 Å². The smallest absolute Gasteiger partial charge is 0.323 e. The van der Waals surface area contributed by atoms with Crippen LogP contribution in [0, 0.1) is 0 Å². The third kappa shape index (κ3) is 3.38. The summed E-state index contributed by atoms with van der Waals surface area (Å²) in [7, 11) is 0. The number of anilines is 1. The van der Waals surface area contributed by atoms with Gasteiger partial charge in [0.2, 0.25) is 5.91 Å². The van der Waals surface area contributed by atoms with Crippen molar-refractivity contribution in [3.8, 4) is 0 Å². The van der Waals surface area contributed by atoms with Crippen molar-refractivity contribution in [3.05, 3.63) is 30.3 Å². The minimum atomic E-state index is -0.794. The highest BCUT2D eigenvalue weighted by Gasteiger charge is 2.51. The summed E-state index contributed by atoms with van der Waals surface area (Å²) in [6.07, 6.45) is 5.36. The number of carbonyl (C=O) groups excluding carboxylic acids is 3. The van der Waals surface area contributed by atoms with Crippen molar-refractivity contribution in [2.75, 3.05) is 18.0 Å². The molecule has 1 aromatic carbocycles. The molecule has 4 amide bonds. The van der Waals surface area contributed by atoms with Gasteiger partial charge in [0.15, 0.2) is 0 Å². The van der Waals surface area contributed by atoms with Crippen molar-refractivity contribution in [2.24, 2.45) is 0 Å². The highest BCUT2D eigenvalue weighted by atomic mass is 16.2. The fraction of sp³-hybridized carbons (Fsp3) is 0.526. The lowest BCUT2D eigenvalue weighted by atomic mass is 9.90. The number of carbonyl (C=O) groups is 3. The second kappa shape index (κ2) is 7.25. The van der Waals surface area contributed by atoms with Crippen LogP contribution in [0.25, 0.3) is 0 Å². The van der Waals surface area contributed by atoms with Gasteiger partial charge in [0.25, 0.3) is 5.91 Å².